The van der Waals surface area contributed by atoms with Crippen LogP contribution in [0.5, 0.6) is 0 Å². The number of pyridine rings is 1. The Morgan fingerprint density at radius 3 is 2.52 bits per heavy atom. The van der Waals surface area contributed by atoms with E-state index in [4.69, 9.17) is 16.9 Å². The molecule has 2 heterocycles. The lowest BCUT2D eigenvalue weighted by Crippen LogP contribution is -2.29. The number of rotatable bonds is 12. The van der Waals surface area contributed by atoms with Gasteiger partial charge >= 0.3 is 0 Å². The fourth-order valence-corrected chi connectivity index (χ4v) is 4.10. The Morgan fingerprint density at radius 1 is 1.22 bits per heavy atom. The third kappa shape index (κ3) is 8.16. The van der Waals surface area contributed by atoms with Gasteiger partial charge in [0, 0.05) is 48.0 Å². The average molecular weight is 423 g/mol. The lowest BCUT2D eigenvalue weighted by molar-refractivity contribution is 0.728. The van der Waals surface area contributed by atoms with Crippen LogP contribution in [0.4, 0.5) is 0 Å². The van der Waals surface area contributed by atoms with Gasteiger partial charge in [-0.15, -0.1) is 0 Å². The molecule has 0 saturated carbocycles. The minimum Gasteiger partial charge on any atom is -0.370 e. The van der Waals surface area contributed by atoms with E-state index in [1.165, 1.54) is 6.08 Å². The first-order valence-electron chi connectivity index (χ1n) is 8.52. The largest absolute Gasteiger partial charge is 0.370 e. The van der Waals surface area contributed by atoms with E-state index in [9.17, 15) is 0 Å². The topological polar surface area (TPSA) is 89.4 Å². The van der Waals surface area contributed by atoms with Crippen LogP contribution in [0.25, 0.3) is 0 Å². The second-order valence-electron chi connectivity index (χ2n) is 5.55. The normalized spacial score (nSPS) is 11.2. The Labute approximate surface area is 173 Å². The van der Waals surface area contributed by atoms with Crippen molar-refractivity contribution < 1.29 is 0 Å². The van der Waals surface area contributed by atoms with Crippen molar-refractivity contribution in [2.45, 2.75) is 18.4 Å². The number of thioether (sulfide) groups is 2. The average Bonchev–Trinajstić information content (AvgIpc) is 3.07. The summed E-state index contributed by atoms with van der Waals surface area (Å²) in [5, 5.41) is 16.2. The molecule has 0 fully saturated rings. The van der Waals surface area contributed by atoms with Crippen LogP contribution in [0.2, 0.25) is 5.02 Å². The molecule has 9 heteroatoms. The second-order valence-corrected chi connectivity index (χ2v) is 8.17. The van der Waals surface area contributed by atoms with Crippen LogP contribution in [0.1, 0.15) is 17.1 Å². The van der Waals surface area contributed by atoms with Crippen molar-refractivity contribution in [1.82, 2.24) is 25.6 Å². The van der Waals surface area contributed by atoms with Crippen molar-refractivity contribution in [1.29, 1.82) is 5.26 Å². The quantitative estimate of drug-likeness (QED) is 0.356. The zero-order chi connectivity index (χ0) is 19.3. The lowest BCUT2D eigenvalue weighted by Gasteiger charge is -2.12. The number of aromatic nitrogens is 3. The van der Waals surface area contributed by atoms with E-state index in [-0.39, 0.29) is 0 Å². The highest BCUT2D eigenvalue weighted by atomic mass is 35.5. The Balaban J connectivity index is 1.58. The second kappa shape index (κ2) is 12.5. The highest BCUT2D eigenvalue weighted by molar-refractivity contribution is 7.98. The van der Waals surface area contributed by atoms with E-state index in [0.717, 1.165) is 59.0 Å². The number of hydrogen-bond acceptors (Lipinski definition) is 7. The lowest BCUT2D eigenvalue weighted by atomic mass is 10.4. The number of imidazole rings is 1. The molecule has 6 nitrogen and oxygen atoms in total. The molecule has 2 aromatic rings. The van der Waals surface area contributed by atoms with Crippen LogP contribution in [-0.2, 0) is 11.5 Å². The first-order valence-corrected chi connectivity index (χ1v) is 11.2. The standard InChI is InChI=1S/C18H23ClN6S2/c1-14-16(25-13-24-14)11-26-9-7-22-18(4-5-20)23-8-10-27-12-17-15(19)3-2-6-21-17/h2-4,6,13,22-23H,7-12H2,1H3,(H,24,25). The van der Waals surface area contributed by atoms with Crippen molar-refractivity contribution in [3.05, 3.63) is 58.7 Å². The molecule has 3 N–H and O–H groups in total. The van der Waals surface area contributed by atoms with Gasteiger partial charge in [-0.3, -0.25) is 4.98 Å². The molecule has 0 aromatic carbocycles. The zero-order valence-corrected chi connectivity index (χ0v) is 17.6. The smallest absolute Gasteiger partial charge is 0.109 e. The number of allylic oxidation sites excluding steroid dienone is 1. The highest BCUT2D eigenvalue weighted by Gasteiger charge is 2.02. The van der Waals surface area contributed by atoms with Crippen molar-refractivity contribution in [2.24, 2.45) is 0 Å². The van der Waals surface area contributed by atoms with Crippen LogP contribution < -0.4 is 10.6 Å². The molecule has 0 aliphatic heterocycles. The summed E-state index contributed by atoms with van der Waals surface area (Å²) in [5.74, 6) is 4.24. The maximum Gasteiger partial charge on any atom is 0.109 e. The van der Waals surface area contributed by atoms with Crippen molar-refractivity contribution in [2.75, 3.05) is 24.6 Å². The van der Waals surface area contributed by atoms with Gasteiger partial charge in [-0.1, -0.05) is 11.6 Å². The summed E-state index contributed by atoms with van der Waals surface area (Å²) < 4.78 is 0. The monoisotopic (exact) mass is 422 g/mol. The first kappa shape index (κ1) is 21.5. The van der Waals surface area contributed by atoms with E-state index in [0.29, 0.717) is 5.02 Å². The minimum absolute atomic E-state index is 0.701. The molecule has 0 atom stereocenters. The number of nitrogens with zero attached hydrogens (tertiary/aromatic N) is 3. The number of nitriles is 1. The molecule has 0 aliphatic carbocycles. The van der Waals surface area contributed by atoms with E-state index < -0.39 is 0 Å². The van der Waals surface area contributed by atoms with E-state index >= 15 is 0 Å². The number of H-pyrrole nitrogens is 1. The number of nitrogens with one attached hydrogen (secondary N) is 3. The molecular weight excluding hydrogens is 400 g/mol. The van der Waals surface area contributed by atoms with Gasteiger partial charge < -0.3 is 15.6 Å². The van der Waals surface area contributed by atoms with Crippen molar-refractivity contribution >= 4 is 35.1 Å². The summed E-state index contributed by atoms with van der Waals surface area (Å²) in [4.78, 5) is 11.6. The number of hydrogen-bond donors (Lipinski definition) is 3. The van der Waals surface area contributed by atoms with Gasteiger partial charge in [-0.25, -0.2) is 4.98 Å². The van der Waals surface area contributed by atoms with Crippen molar-refractivity contribution in [3.63, 3.8) is 0 Å². The summed E-state index contributed by atoms with van der Waals surface area (Å²) >= 11 is 9.66. The fraction of sp³-hybridized carbons (Fsp3) is 0.389. The number of halogens is 1. The van der Waals surface area contributed by atoms with E-state index in [1.54, 1.807) is 24.3 Å². The predicted molar refractivity (Wildman–Crippen MR) is 115 cm³/mol. The first-order chi connectivity index (χ1) is 13.2. The van der Waals surface area contributed by atoms with Gasteiger partial charge in [0.1, 0.15) is 5.82 Å². The van der Waals surface area contributed by atoms with Gasteiger partial charge in [-0.2, -0.15) is 28.8 Å². The molecule has 0 radical (unpaired) electrons. The molecule has 0 saturated heterocycles. The SMILES string of the molecule is Cc1[nH]cnc1CSCCNC(=CC#N)NCCSCc1ncccc1Cl. The van der Waals surface area contributed by atoms with Crippen LogP contribution in [0, 0.1) is 18.3 Å². The molecule has 0 amide bonds. The molecule has 0 spiro atoms. The van der Waals surface area contributed by atoms with Crippen molar-refractivity contribution in [3.8, 4) is 6.07 Å². The molecule has 0 bridgehead atoms. The summed E-state index contributed by atoms with van der Waals surface area (Å²) in [6.45, 7) is 3.57. The molecular formula is C18H23ClN6S2. The van der Waals surface area contributed by atoms with E-state index in [2.05, 4.69) is 31.7 Å². The summed E-state index contributed by atoms with van der Waals surface area (Å²) in [7, 11) is 0. The van der Waals surface area contributed by atoms with Gasteiger partial charge in [0.15, 0.2) is 0 Å². The third-order valence-electron chi connectivity index (χ3n) is 3.58. The van der Waals surface area contributed by atoms with Gasteiger partial charge in [0.25, 0.3) is 0 Å². The Hall–Kier alpha value is -1.82. The number of aromatic amines is 1. The molecule has 144 valence electrons. The molecule has 2 aromatic heterocycles. The maximum absolute atomic E-state index is 8.93. The number of aryl methyl sites for hydroxylation is 1. The van der Waals surface area contributed by atoms with Gasteiger partial charge in [0.05, 0.1) is 34.9 Å². The Kier molecular flexibility index (Phi) is 9.98. The zero-order valence-electron chi connectivity index (χ0n) is 15.2. The van der Waals surface area contributed by atoms with E-state index in [1.807, 2.05) is 30.8 Å². The molecule has 0 aliphatic rings. The van der Waals surface area contributed by atoms with Crippen LogP contribution in [-0.4, -0.2) is 39.5 Å². The Bertz CT molecular complexity index is 771. The predicted octanol–water partition coefficient (Wildman–Crippen LogP) is 3.48. The summed E-state index contributed by atoms with van der Waals surface area (Å²) in [6, 6.07) is 5.75. The van der Waals surface area contributed by atoms with Gasteiger partial charge in [0.2, 0.25) is 0 Å². The third-order valence-corrected chi connectivity index (χ3v) is 5.86. The van der Waals surface area contributed by atoms with Crippen LogP contribution in [0.15, 0.2) is 36.6 Å². The molecule has 27 heavy (non-hydrogen) atoms. The minimum atomic E-state index is 0.701. The maximum atomic E-state index is 8.93. The molecule has 0 unspecified atom stereocenters. The highest BCUT2D eigenvalue weighted by Crippen LogP contribution is 2.18. The van der Waals surface area contributed by atoms with Crippen LogP contribution in [0.3, 0.4) is 0 Å². The molecule has 2 rings (SSSR count). The Morgan fingerprint density at radius 2 is 1.93 bits per heavy atom. The van der Waals surface area contributed by atoms with Gasteiger partial charge in [-0.05, 0) is 19.1 Å². The van der Waals surface area contributed by atoms with Crippen LogP contribution >= 0.6 is 35.1 Å². The fourth-order valence-electron chi connectivity index (χ4n) is 2.14. The summed E-state index contributed by atoms with van der Waals surface area (Å²) in [5.41, 5.74) is 3.11. The summed E-state index contributed by atoms with van der Waals surface area (Å²) in [6.07, 6.45) is 4.98.